The van der Waals surface area contributed by atoms with Gasteiger partial charge in [-0.05, 0) is 72.9 Å². The number of benzene rings is 1. The Labute approximate surface area is 141 Å². The van der Waals surface area contributed by atoms with Crippen molar-refractivity contribution in [1.29, 1.82) is 0 Å². The molecule has 2 aromatic rings. The Kier molecular flexibility index (Phi) is 3.85. The lowest BCUT2D eigenvalue weighted by Gasteiger charge is -2.30. The first-order valence-corrected chi connectivity index (χ1v) is 9.31. The summed E-state index contributed by atoms with van der Waals surface area (Å²) in [6.07, 6.45) is 4.61. The molecule has 0 spiro atoms. The standard InChI is InChI=1S/C19H22N2OS/c1-13(20-17-6-5-14-3-2-4-15(14)11-17)19(22)21-9-7-18-16(12-21)8-10-23-18/h5-6,8,10-11,13,20H,2-4,7,9,12H2,1H3. The molecule has 0 fully saturated rings. The molecule has 1 aliphatic carbocycles. The van der Waals surface area contributed by atoms with Gasteiger partial charge in [-0.25, -0.2) is 0 Å². The molecule has 1 aliphatic heterocycles. The minimum atomic E-state index is -0.186. The summed E-state index contributed by atoms with van der Waals surface area (Å²) in [4.78, 5) is 16.2. The number of hydrogen-bond donors (Lipinski definition) is 1. The largest absolute Gasteiger partial charge is 0.374 e. The van der Waals surface area contributed by atoms with E-state index < -0.39 is 0 Å². The average Bonchev–Trinajstić information content (AvgIpc) is 3.21. The van der Waals surface area contributed by atoms with E-state index in [9.17, 15) is 4.79 Å². The second kappa shape index (κ2) is 6.00. The fourth-order valence-corrected chi connectivity index (χ4v) is 4.57. The molecule has 1 N–H and O–H groups in total. The van der Waals surface area contributed by atoms with E-state index in [2.05, 4.69) is 35.0 Å². The Morgan fingerprint density at radius 1 is 1.17 bits per heavy atom. The van der Waals surface area contributed by atoms with Crippen LogP contribution in [0.1, 0.15) is 34.9 Å². The molecule has 0 saturated heterocycles. The minimum absolute atomic E-state index is 0.186. The molecule has 2 aliphatic rings. The van der Waals surface area contributed by atoms with Crippen molar-refractivity contribution < 1.29 is 4.79 Å². The lowest BCUT2D eigenvalue weighted by molar-refractivity contribution is -0.132. The van der Waals surface area contributed by atoms with Gasteiger partial charge >= 0.3 is 0 Å². The Balaban J connectivity index is 1.43. The van der Waals surface area contributed by atoms with E-state index in [4.69, 9.17) is 0 Å². The van der Waals surface area contributed by atoms with Crippen molar-refractivity contribution in [3.05, 3.63) is 51.2 Å². The number of nitrogens with zero attached hydrogens (tertiary/aromatic N) is 1. The van der Waals surface area contributed by atoms with Gasteiger partial charge in [-0.15, -0.1) is 11.3 Å². The minimum Gasteiger partial charge on any atom is -0.374 e. The van der Waals surface area contributed by atoms with Gasteiger partial charge in [-0.3, -0.25) is 4.79 Å². The van der Waals surface area contributed by atoms with Crippen LogP contribution in [0.4, 0.5) is 5.69 Å². The topological polar surface area (TPSA) is 32.3 Å². The van der Waals surface area contributed by atoms with Gasteiger partial charge in [0.2, 0.25) is 5.91 Å². The van der Waals surface area contributed by atoms with E-state index in [-0.39, 0.29) is 11.9 Å². The van der Waals surface area contributed by atoms with E-state index in [1.165, 1.54) is 40.8 Å². The monoisotopic (exact) mass is 326 g/mol. The van der Waals surface area contributed by atoms with Crippen LogP contribution in [0, 0.1) is 0 Å². The number of amides is 1. The first-order valence-electron chi connectivity index (χ1n) is 8.43. The summed E-state index contributed by atoms with van der Waals surface area (Å²) in [5.74, 6) is 0.197. The lowest BCUT2D eigenvalue weighted by atomic mass is 10.1. The van der Waals surface area contributed by atoms with Crippen LogP contribution in [-0.4, -0.2) is 23.4 Å². The van der Waals surface area contributed by atoms with Crippen molar-refractivity contribution in [2.45, 2.75) is 45.2 Å². The summed E-state index contributed by atoms with van der Waals surface area (Å²) in [6.45, 7) is 3.56. The molecular formula is C19H22N2OS. The van der Waals surface area contributed by atoms with Crippen LogP contribution in [0.5, 0.6) is 0 Å². The Morgan fingerprint density at radius 2 is 2.04 bits per heavy atom. The van der Waals surface area contributed by atoms with Crippen molar-refractivity contribution in [3.63, 3.8) is 0 Å². The van der Waals surface area contributed by atoms with E-state index in [0.29, 0.717) is 0 Å². The van der Waals surface area contributed by atoms with Crippen LogP contribution in [0.3, 0.4) is 0 Å². The summed E-state index contributed by atoms with van der Waals surface area (Å²) in [7, 11) is 0. The summed E-state index contributed by atoms with van der Waals surface area (Å²) in [5, 5.41) is 5.53. The van der Waals surface area contributed by atoms with Crippen molar-refractivity contribution in [2.24, 2.45) is 0 Å². The van der Waals surface area contributed by atoms with Gasteiger partial charge in [-0.1, -0.05) is 6.07 Å². The first-order chi connectivity index (χ1) is 11.2. The third kappa shape index (κ3) is 2.88. The molecule has 0 saturated carbocycles. The fraction of sp³-hybridized carbons (Fsp3) is 0.421. The molecule has 120 valence electrons. The van der Waals surface area contributed by atoms with Crippen molar-refractivity contribution in [2.75, 3.05) is 11.9 Å². The van der Waals surface area contributed by atoms with Crippen LogP contribution >= 0.6 is 11.3 Å². The number of rotatable bonds is 3. The van der Waals surface area contributed by atoms with Crippen molar-refractivity contribution in [1.82, 2.24) is 4.90 Å². The predicted octanol–water partition coefficient (Wildman–Crippen LogP) is 3.62. The number of carbonyl (C=O) groups excluding carboxylic acids is 1. The Morgan fingerprint density at radius 3 is 2.96 bits per heavy atom. The number of carbonyl (C=O) groups is 1. The summed E-state index contributed by atoms with van der Waals surface area (Å²) >= 11 is 1.81. The summed E-state index contributed by atoms with van der Waals surface area (Å²) < 4.78 is 0. The Hall–Kier alpha value is -1.81. The molecule has 1 atom stereocenters. The highest BCUT2D eigenvalue weighted by Gasteiger charge is 2.25. The maximum absolute atomic E-state index is 12.7. The average molecular weight is 326 g/mol. The third-order valence-electron chi connectivity index (χ3n) is 4.97. The van der Waals surface area contributed by atoms with Crippen LogP contribution in [-0.2, 0) is 30.6 Å². The number of nitrogens with one attached hydrogen (secondary N) is 1. The van der Waals surface area contributed by atoms with Gasteiger partial charge < -0.3 is 10.2 Å². The lowest BCUT2D eigenvalue weighted by Crippen LogP contribution is -2.43. The molecule has 0 radical (unpaired) electrons. The fourth-order valence-electron chi connectivity index (χ4n) is 3.68. The van der Waals surface area contributed by atoms with Gasteiger partial charge in [0.05, 0.1) is 0 Å². The van der Waals surface area contributed by atoms with E-state index in [1.807, 2.05) is 23.2 Å². The highest BCUT2D eigenvalue weighted by Crippen LogP contribution is 2.26. The number of thiophene rings is 1. The highest BCUT2D eigenvalue weighted by atomic mass is 32.1. The molecule has 3 nitrogen and oxygen atoms in total. The third-order valence-corrected chi connectivity index (χ3v) is 5.99. The molecule has 0 bridgehead atoms. The second-order valence-electron chi connectivity index (χ2n) is 6.58. The molecule has 4 heteroatoms. The van der Waals surface area contributed by atoms with E-state index in [0.717, 1.165) is 25.2 Å². The van der Waals surface area contributed by atoms with Crippen molar-refractivity contribution >= 4 is 22.9 Å². The maximum Gasteiger partial charge on any atom is 0.245 e. The molecule has 23 heavy (non-hydrogen) atoms. The smallest absolute Gasteiger partial charge is 0.245 e. The predicted molar refractivity (Wildman–Crippen MR) is 95.0 cm³/mol. The van der Waals surface area contributed by atoms with Crippen LogP contribution in [0.15, 0.2) is 29.6 Å². The number of aryl methyl sites for hydroxylation is 2. The molecule has 1 amide bonds. The maximum atomic E-state index is 12.7. The van der Waals surface area contributed by atoms with Gasteiger partial charge in [0.15, 0.2) is 0 Å². The quantitative estimate of drug-likeness (QED) is 0.934. The van der Waals surface area contributed by atoms with Crippen LogP contribution in [0.2, 0.25) is 0 Å². The van der Waals surface area contributed by atoms with Gasteiger partial charge in [0.25, 0.3) is 0 Å². The molecule has 1 unspecified atom stereocenters. The van der Waals surface area contributed by atoms with E-state index >= 15 is 0 Å². The number of hydrogen-bond acceptors (Lipinski definition) is 3. The van der Waals surface area contributed by atoms with Gasteiger partial charge in [-0.2, -0.15) is 0 Å². The van der Waals surface area contributed by atoms with Gasteiger partial charge in [0.1, 0.15) is 6.04 Å². The zero-order valence-electron chi connectivity index (χ0n) is 13.5. The van der Waals surface area contributed by atoms with Gasteiger partial charge in [0, 0.05) is 23.7 Å². The molecule has 4 rings (SSSR count). The Bertz CT molecular complexity index is 737. The highest BCUT2D eigenvalue weighted by molar-refractivity contribution is 7.10. The normalized spacial score (nSPS) is 17.5. The zero-order chi connectivity index (χ0) is 15.8. The summed E-state index contributed by atoms with van der Waals surface area (Å²) in [6, 6.07) is 8.51. The first kappa shape index (κ1) is 14.8. The SMILES string of the molecule is CC(Nc1ccc2c(c1)CCC2)C(=O)N1CCc2sccc2C1. The molecule has 2 heterocycles. The van der Waals surface area contributed by atoms with Crippen LogP contribution in [0.25, 0.3) is 0 Å². The summed E-state index contributed by atoms with van der Waals surface area (Å²) in [5.41, 5.74) is 5.30. The number of fused-ring (bicyclic) bond motifs is 2. The molecule has 1 aromatic heterocycles. The zero-order valence-corrected chi connectivity index (χ0v) is 14.3. The second-order valence-corrected chi connectivity index (χ2v) is 7.58. The molecular weight excluding hydrogens is 304 g/mol. The van der Waals surface area contributed by atoms with E-state index in [1.54, 1.807) is 0 Å². The molecule has 1 aromatic carbocycles. The number of anilines is 1. The van der Waals surface area contributed by atoms with Crippen molar-refractivity contribution in [3.8, 4) is 0 Å². The van der Waals surface area contributed by atoms with Crippen LogP contribution < -0.4 is 5.32 Å².